The van der Waals surface area contributed by atoms with Gasteiger partial charge in [-0.25, -0.2) is 4.79 Å². The van der Waals surface area contributed by atoms with Crippen LogP contribution in [0.1, 0.15) is 38.3 Å². The molecule has 0 aromatic heterocycles. The molecule has 1 unspecified atom stereocenters. The lowest BCUT2D eigenvalue weighted by Crippen LogP contribution is -2.41. The Hall–Kier alpha value is -2.37. The maximum atomic E-state index is 12.4. The summed E-state index contributed by atoms with van der Waals surface area (Å²) in [4.78, 5) is 37.2. The van der Waals surface area contributed by atoms with Crippen molar-refractivity contribution in [2.24, 2.45) is 0 Å². The normalized spacial score (nSPS) is 18.0. The van der Waals surface area contributed by atoms with Crippen molar-refractivity contribution in [2.45, 2.75) is 26.3 Å². The molecule has 0 saturated carbocycles. The van der Waals surface area contributed by atoms with Crippen LogP contribution in [-0.2, 0) is 4.79 Å². The number of carbonyl (C=O) groups is 3. The van der Waals surface area contributed by atoms with Gasteiger partial charge in [0.25, 0.3) is 5.91 Å². The van der Waals surface area contributed by atoms with Crippen molar-refractivity contribution in [3.8, 4) is 0 Å². The average molecular weight is 290 g/mol. The molecule has 21 heavy (non-hydrogen) atoms. The second-order valence-corrected chi connectivity index (χ2v) is 5.33. The molecule has 1 aromatic carbocycles. The number of hydrogen-bond donors (Lipinski definition) is 2. The van der Waals surface area contributed by atoms with Crippen LogP contribution < -0.4 is 5.32 Å². The largest absolute Gasteiger partial charge is 0.478 e. The molecule has 0 spiro atoms. The van der Waals surface area contributed by atoms with Crippen LogP contribution in [0.15, 0.2) is 12.1 Å². The van der Waals surface area contributed by atoms with E-state index in [1.165, 1.54) is 0 Å². The zero-order valence-electron chi connectivity index (χ0n) is 12.3. The number of carbonyl (C=O) groups excluding carboxylic acids is 2. The molecule has 0 bridgehead atoms. The molecule has 0 radical (unpaired) electrons. The van der Waals surface area contributed by atoms with Crippen LogP contribution in [0.25, 0.3) is 0 Å². The number of carboxylic acids is 1. The number of nitrogens with one attached hydrogen (secondary N) is 1. The van der Waals surface area contributed by atoms with E-state index < -0.39 is 17.9 Å². The van der Waals surface area contributed by atoms with Crippen molar-refractivity contribution in [3.05, 3.63) is 34.4 Å². The molecule has 1 aliphatic heterocycles. The minimum Gasteiger partial charge on any atom is -0.478 e. The van der Waals surface area contributed by atoms with Gasteiger partial charge >= 0.3 is 5.97 Å². The van der Waals surface area contributed by atoms with E-state index in [-0.39, 0.29) is 17.0 Å². The maximum absolute atomic E-state index is 12.4. The number of carboxylic acid groups (broad SMARTS) is 1. The Balaban J connectivity index is 2.34. The minimum absolute atomic E-state index is 0.00806. The van der Waals surface area contributed by atoms with E-state index in [9.17, 15) is 19.5 Å². The Morgan fingerprint density at radius 1 is 1.24 bits per heavy atom. The Morgan fingerprint density at radius 3 is 2.29 bits per heavy atom. The Kier molecular flexibility index (Phi) is 3.97. The van der Waals surface area contributed by atoms with Crippen molar-refractivity contribution in [2.75, 3.05) is 13.6 Å². The third-order valence-electron chi connectivity index (χ3n) is 3.80. The number of aryl methyl sites for hydroxylation is 2. The summed E-state index contributed by atoms with van der Waals surface area (Å²) in [5.41, 5.74) is 1.22. The number of likely N-dealkylation sites (tertiary alicyclic amines) is 1. The molecule has 0 aliphatic carbocycles. The maximum Gasteiger partial charge on any atom is 0.336 e. The molecule has 1 saturated heterocycles. The standard InChI is InChI=1S/C15H18N2O4/c1-8-4-5-9(2)12(15(20)21)11(8)13(18)16-10-6-7-17(3)14(10)19/h4-5,10H,6-7H2,1-3H3,(H,16,18)(H,20,21). The fraction of sp³-hybridized carbons (Fsp3) is 0.400. The Labute approximate surface area is 122 Å². The average Bonchev–Trinajstić information content (AvgIpc) is 2.72. The zero-order valence-corrected chi connectivity index (χ0v) is 12.3. The summed E-state index contributed by atoms with van der Waals surface area (Å²) in [6, 6.07) is 2.80. The van der Waals surface area contributed by atoms with Crippen molar-refractivity contribution in [1.29, 1.82) is 0 Å². The first kappa shape index (κ1) is 15.0. The summed E-state index contributed by atoms with van der Waals surface area (Å²) in [5, 5.41) is 12.0. The summed E-state index contributed by atoms with van der Waals surface area (Å²) in [7, 11) is 1.68. The van der Waals surface area contributed by atoms with E-state index in [2.05, 4.69) is 5.32 Å². The third kappa shape index (κ3) is 2.74. The number of benzene rings is 1. The van der Waals surface area contributed by atoms with Gasteiger partial charge in [-0.2, -0.15) is 0 Å². The van der Waals surface area contributed by atoms with Crippen LogP contribution in [0.5, 0.6) is 0 Å². The summed E-state index contributed by atoms with van der Waals surface area (Å²) < 4.78 is 0. The number of likely N-dealkylation sites (N-methyl/N-ethyl adjacent to an activating group) is 1. The summed E-state index contributed by atoms with van der Waals surface area (Å²) >= 11 is 0. The molecule has 1 aromatic rings. The highest BCUT2D eigenvalue weighted by molar-refractivity contribution is 6.07. The highest BCUT2D eigenvalue weighted by Gasteiger charge is 2.32. The molecule has 6 heteroatoms. The molecular formula is C15H18N2O4. The molecule has 112 valence electrons. The molecule has 2 rings (SSSR count). The highest BCUT2D eigenvalue weighted by Crippen LogP contribution is 2.20. The second-order valence-electron chi connectivity index (χ2n) is 5.33. The highest BCUT2D eigenvalue weighted by atomic mass is 16.4. The SMILES string of the molecule is Cc1ccc(C)c(C(=O)NC2CCN(C)C2=O)c1C(=O)O. The first-order valence-corrected chi connectivity index (χ1v) is 6.72. The number of nitrogens with zero attached hydrogens (tertiary/aromatic N) is 1. The van der Waals surface area contributed by atoms with Crippen molar-refractivity contribution in [3.63, 3.8) is 0 Å². The van der Waals surface area contributed by atoms with Crippen LogP contribution >= 0.6 is 0 Å². The quantitative estimate of drug-likeness (QED) is 0.868. The van der Waals surface area contributed by atoms with Crippen LogP contribution in [0.2, 0.25) is 0 Å². The van der Waals surface area contributed by atoms with E-state index in [1.807, 2.05) is 0 Å². The van der Waals surface area contributed by atoms with Gasteiger partial charge in [-0.15, -0.1) is 0 Å². The van der Waals surface area contributed by atoms with Gasteiger partial charge in [0, 0.05) is 13.6 Å². The van der Waals surface area contributed by atoms with E-state index in [0.29, 0.717) is 24.1 Å². The van der Waals surface area contributed by atoms with Crippen LogP contribution in [0.3, 0.4) is 0 Å². The van der Waals surface area contributed by atoms with E-state index in [1.54, 1.807) is 37.9 Å². The predicted octanol–water partition coefficient (Wildman–Crippen LogP) is 0.962. The lowest BCUT2D eigenvalue weighted by atomic mass is 9.96. The van der Waals surface area contributed by atoms with Crippen molar-refractivity contribution in [1.82, 2.24) is 10.2 Å². The first-order valence-electron chi connectivity index (χ1n) is 6.72. The number of amides is 2. The van der Waals surface area contributed by atoms with Gasteiger partial charge in [-0.3, -0.25) is 9.59 Å². The van der Waals surface area contributed by atoms with Crippen LogP contribution in [-0.4, -0.2) is 47.4 Å². The topological polar surface area (TPSA) is 86.7 Å². The van der Waals surface area contributed by atoms with E-state index >= 15 is 0 Å². The number of hydrogen-bond acceptors (Lipinski definition) is 3. The van der Waals surface area contributed by atoms with E-state index in [0.717, 1.165) is 0 Å². The van der Waals surface area contributed by atoms with Crippen molar-refractivity contribution < 1.29 is 19.5 Å². The third-order valence-corrected chi connectivity index (χ3v) is 3.80. The molecule has 2 N–H and O–H groups in total. The molecule has 1 heterocycles. The van der Waals surface area contributed by atoms with Gasteiger partial charge in [0.2, 0.25) is 5.91 Å². The van der Waals surface area contributed by atoms with E-state index in [4.69, 9.17) is 0 Å². The number of rotatable bonds is 3. The van der Waals surface area contributed by atoms with Gasteiger partial charge in [0.15, 0.2) is 0 Å². The molecule has 2 amide bonds. The first-order chi connectivity index (χ1) is 9.82. The fourth-order valence-electron chi connectivity index (χ4n) is 2.57. The van der Waals surface area contributed by atoms with Gasteiger partial charge in [-0.05, 0) is 31.4 Å². The van der Waals surface area contributed by atoms with Crippen LogP contribution in [0, 0.1) is 13.8 Å². The van der Waals surface area contributed by atoms with Gasteiger partial charge < -0.3 is 15.3 Å². The lowest BCUT2D eigenvalue weighted by Gasteiger charge is -2.16. The summed E-state index contributed by atoms with van der Waals surface area (Å²) in [6.07, 6.45) is 0.536. The lowest BCUT2D eigenvalue weighted by molar-refractivity contribution is -0.128. The second kappa shape index (κ2) is 5.55. The number of aromatic carboxylic acids is 1. The molecule has 6 nitrogen and oxygen atoms in total. The van der Waals surface area contributed by atoms with Gasteiger partial charge in [0.1, 0.15) is 6.04 Å². The van der Waals surface area contributed by atoms with Crippen LogP contribution in [0.4, 0.5) is 0 Å². The smallest absolute Gasteiger partial charge is 0.336 e. The molecule has 1 aliphatic rings. The predicted molar refractivity (Wildman–Crippen MR) is 76.4 cm³/mol. The van der Waals surface area contributed by atoms with Crippen molar-refractivity contribution >= 4 is 17.8 Å². The van der Waals surface area contributed by atoms with Gasteiger partial charge in [-0.1, -0.05) is 12.1 Å². The summed E-state index contributed by atoms with van der Waals surface area (Å²) in [5.74, 6) is -1.80. The minimum atomic E-state index is -1.14. The Morgan fingerprint density at radius 2 is 1.81 bits per heavy atom. The van der Waals surface area contributed by atoms with Gasteiger partial charge in [0.05, 0.1) is 11.1 Å². The fourth-order valence-corrected chi connectivity index (χ4v) is 2.57. The molecule has 1 atom stereocenters. The summed E-state index contributed by atoms with van der Waals surface area (Å²) in [6.45, 7) is 3.92. The zero-order chi connectivity index (χ0) is 15.7. The molecule has 1 fully saturated rings. The Bertz CT molecular complexity index is 624. The monoisotopic (exact) mass is 290 g/mol. The molecular weight excluding hydrogens is 272 g/mol.